The van der Waals surface area contributed by atoms with Crippen molar-refractivity contribution in [2.75, 3.05) is 16.0 Å². The van der Waals surface area contributed by atoms with Gasteiger partial charge in [-0.3, -0.25) is 4.79 Å². The summed E-state index contributed by atoms with van der Waals surface area (Å²) in [6.45, 7) is 0. The predicted octanol–water partition coefficient (Wildman–Crippen LogP) is 6.85. The fourth-order valence-corrected chi connectivity index (χ4v) is 3.77. The predicted molar refractivity (Wildman–Crippen MR) is 140 cm³/mol. The lowest BCUT2D eigenvalue weighted by atomic mass is 10.1. The Bertz CT molecular complexity index is 1560. The highest BCUT2D eigenvalue weighted by molar-refractivity contribution is 6.05. The van der Waals surface area contributed by atoms with Gasteiger partial charge in [-0.25, -0.2) is 4.98 Å². The molecule has 6 heteroatoms. The van der Waals surface area contributed by atoms with E-state index >= 15 is 0 Å². The van der Waals surface area contributed by atoms with E-state index in [1.54, 1.807) is 18.2 Å². The van der Waals surface area contributed by atoms with E-state index in [1.807, 2.05) is 91.0 Å². The van der Waals surface area contributed by atoms with Gasteiger partial charge in [-0.05, 0) is 66.7 Å². The first-order valence-corrected chi connectivity index (χ1v) is 11.1. The van der Waals surface area contributed by atoms with Gasteiger partial charge in [0.05, 0.1) is 11.2 Å². The molecule has 0 aliphatic rings. The van der Waals surface area contributed by atoms with Gasteiger partial charge in [-0.15, -0.1) is 0 Å². The summed E-state index contributed by atoms with van der Waals surface area (Å²) in [5.41, 5.74) is 5.61. The number of nitrogens with one attached hydrogen (secondary N) is 3. The number of rotatable bonds is 6. The van der Waals surface area contributed by atoms with E-state index in [-0.39, 0.29) is 5.91 Å². The Balaban J connectivity index is 1.33. The lowest BCUT2D eigenvalue weighted by Crippen LogP contribution is -2.12. The minimum atomic E-state index is -0.215. The highest BCUT2D eigenvalue weighted by Gasteiger charge is 2.09. The maximum absolute atomic E-state index is 13.0. The monoisotopic (exact) mass is 455 g/mol. The molecule has 0 radical (unpaired) electrons. The van der Waals surface area contributed by atoms with Gasteiger partial charge >= 0.3 is 0 Å². The van der Waals surface area contributed by atoms with Gasteiger partial charge in [0, 0.05) is 33.7 Å². The maximum atomic E-state index is 13.0. The number of hydrogen-bond acceptors (Lipinski definition) is 5. The molecule has 0 spiro atoms. The molecule has 168 valence electrons. The van der Waals surface area contributed by atoms with Crippen LogP contribution in [0.1, 0.15) is 16.1 Å². The average molecular weight is 456 g/mol. The number of pyridine rings is 1. The first-order valence-electron chi connectivity index (χ1n) is 11.1. The number of nitriles is 1. The average Bonchev–Trinajstić information content (AvgIpc) is 2.89. The third kappa shape index (κ3) is 5.10. The zero-order valence-corrected chi connectivity index (χ0v) is 18.7. The van der Waals surface area contributed by atoms with Gasteiger partial charge in [0.1, 0.15) is 11.8 Å². The number of anilines is 5. The Morgan fingerprint density at radius 1 is 0.686 bits per heavy atom. The van der Waals surface area contributed by atoms with Gasteiger partial charge < -0.3 is 16.0 Å². The van der Waals surface area contributed by atoms with E-state index in [0.717, 1.165) is 28.1 Å². The van der Waals surface area contributed by atoms with Gasteiger partial charge in [-0.2, -0.15) is 5.26 Å². The number of hydrogen-bond donors (Lipinski definition) is 3. The Kier molecular flexibility index (Phi) is 6.05. The van der Waals surface area contributed by atoms with E-state index in [4.69, 9.17) is 0 Å². The standard InChI is InChI=1S/C29H21N5O/c30-19-26-16-15-20-7-5-14-27(28(20)33-26)32-23-11-4-8-21(17-23)29(35)34-25-13-6-12-24(18-25)31-22-9-2-1-3-10-22/h1-18,31-32H,(H,34,35). The smallest absolute Gasteiger partial charge is 0.255 e. The van der Waals surface area contributed by atoms with Crippen LogP contribution < -0.4 is 16.0 Å². The topological polar surface area (TPSA) is 89.8 Å². The zero-order valence-electron chi connectivity index (χ0n) is 18.7. The van der Waals surface area contributed by atoms with Crippen molar-refractivity contribution < 1.29 is 4.79 Å². The fraction of sp³-hybridized carbons (Fsp3) is 0. The number of carbonyl (C=O) groups excluding carboxylic acids is 1. The van der Waals surface area contributed by atoms with Gasteiger partial charge in [0.25, 0.3) is 5.91 Å². The van der Waals surface area contributed by atoms with Crippen molar-refractivity contribution in [2.24, 2.45) is 0 Å². The third-order valence-electron chi connectivity index (χ3n) is 5.42. The van der Waals surface area contributed by atoms with Crippen molar-refractivity contribution in [3.63, 3.8) is 0 Å². The Morgan fingerprint density at radius 3 is 2.23 bits per heavy atom. The Hall–Kier alpha value is -5.15. The van der Waals surface area contributed by atoms with Crippen molar-refractivity contribution in [3.8, 4) is 6.07 Å². The Labute approximate surface area is 202 Å². The van der Waals surface area contributed by atoms with Crippen LogP contribution in [0.25, 0.3) is 10.9 Å². The van der Waals surface area contributed by atoms with E-state index in [1.165, 1.54) is 0 Å². The van der Waals surface area contributed by atoms with Crippen LogP contribution >= 0.6 is 0 Å². The minimum Gasteiger partial charge on any atom is -0.355 e. The van der Waals surface area contributed by atoms with Crippen LogP contribution in [0.2, 0.25) is 0 Å². The first kappa shape index (κ1) is 21.7. The SMILES string of the molecule is N#Cc1ccc2cccc(Nc3cccc(C(=O)Nc4cccc(Nc5ccccc5)c4)c3)c2n1. The highest BCUT2D eigenvalue weighted by Crippen LogP contribution is 2.26. The molecule has 5 rings (SSSR count). The van der Waals surface area contributed by atoms with Crippen LogP contribution in [0.15, 0.2) is 109 Å². The molecule has 0 aliphatic heterocycles. The van der Waals surface area contributed by atoms with E-state index in [2.05, 4.69) is 27.0 Å². The van der Waals surface area contributed by atoms with Crippen molar-refractivity contribution in [3.05, 3.63) is 120 Å². The molecule has 5 aromatic rings. The molecule has 0 bridgehead atoms. The molecule has 3 N–H and O–H groups in total. The molecule has 1 amide bonds. The summed E-state index contributed by atoms with van der Waals surface area (Å²) in [4.78, 5) is 17.4. The molecular weight excluding hydrogens is 434 g/mol. The molecule has 0 unspecified atom stereocenters. The lowest BCUT2D eigenvalue weighted by Gasteiger charge is -2.12. The molecule has 1 heterocycles. The van der Waals surface area contributed by atoms with Crippen molar-refractivity contribution in [2.45, 2.75) is 0 Å². The third-order valence-corrected chi connectivity index (χ3v) is 5.42. The zero-order chi connectivity index (χ0) is 24.0. The molecule has 0 fully saturated rings. The maximum Gasteiger partial charge on any atom is 0.255 e. The normalized spacial score (nSPS) is 10.4. The summed E-state index contributed by atoms with van der Waals surface area (Å²) < 4.78 is 0. The molecule has 0 atom stereocenters. The van der Waals surface area contributed by atoms with Crippen LogP contribution in [0.4, 0.5) is 28.4 Å². The largest absolute Gasteiger partial charge is 0.355 e. The van der Waals surface area contributed by atoms with Crippen LogP contribution in [-0.2, 0) is 0 Å². The number of carbonyl (C=O) groups is 1. The van der Waals surface area contributed by atoms with Crippen LogP contribution in [0.3, 0.4) is 0 Å². The fourth-order valence-electron chi connectivity index (χ4n) is 3.77. The second-order valence-electron chi connectivity index (χ2n) is 7.92. The van der Waals surface area contributed by atoms with E-state index < -0.39 is 0 Å². The summed E-state index contributed by atoms with van der Waals surface area (Å²) in [5.74, 6) is -0.215. The summed E-state index contributed by atoms with van der Waals surface area (Å²) >= 11 is 0. The first-order chi connectivity index (χ1) is 17.2. The van der Waals surface area contributed by atoms with Crippen LogP contribution in [0.5, 0.6) is 0 Å². The molecule has 6 nitrogen and oxygen atoms in total. The highest BCUT2D eigenvalue weighted by atomic mass is 16.1. The summed E-state index contributed by atoms with van der Waals surface area (Å²) in [7, 11) is 0. The number of nitrogens with zero attached hydrogens (tertiary/aromatic N) is 2. The van der Waals surface area contributed by atoms with Crippen LogP contribution in [-0.4, -0.2) is 10.9 Å². The number of benzene rings is 4. The molecule has 0 saturated heterocycles. The molecular formula is C29H21N5O. The molecule has 0 aliphatic carbocycles. The van der Waals surface area contributed by atoms with Gasteiger partial charge in [-0.1, -0.05) is 42.5 Å². The van der Waals surface area contributed by atoms with Crippen molar-refractivity contribution >= 4 is 45.2 Å². The second-order valence-corrected chi connectivity index (χ2v) is 7.92. The summed E-state index contributed by atoms with van der Waals surface area (Å²) in [6.07, 6.45) is 0. The molecule has 1 aromatic heterocycles. The van der Waals surface area contributed by atoms with Gasteiger partial charge in [0.2, 0.25) is 0 Å². The Morgan fingerprint density at radius 2 is 1.40 bits per heavy atom. The second kappa shape index (κ2) is 9.77. The minimum absolute atomic E-state index is 0.215. The van der Waals surface area contributed by atoms with Crippen molar-refractivity contribution in [1.82, 2.24) is 4.98 Å². The van der Waals surface area contributed by atoms with Gasteiger partial charge in [0.15, 0.2) is 0 Å². The number of aromatic nitrogens is 1. The quantitative estimate of drug-likeness (QED) is 0.261. The van der Waals surface area contributed by atoms with Crippen LogP contribution in [0, 0.1) is 11.3 Å². The molecule has 4 aromatic carbocycles. The number of amides is 1. The number of fused-ring (bicyclic) bond motifs is 1. The summed E-state index contributed by atoms with van der Waals surface area (Å²) in [5, 5.41) is 19.8. The summed E-state index contributed by atoms with van der Waals surface area (Å²) in [6, 6.07) is 36.1. The lowest BCUT2D eigenvalue weighted by molar-refractivity contribution is 0.102. The molecule has 35 heavy (non-hydrogen) atoms. The van der Waals surface area contributed by atoms with Crippen molar-refractivity contribution in [1.29, 1.82) is 5.26 Å². The van der Waals surface area contributed by atoms with E-state index in [0.29, 0.717) is 22.5 Å². The van der Waals surface area contributed by atoms with E-state index in [9.17, 15) is 10.1 Å². The molecule has 0 saturated carbocycles. The number of para-hydroxylation sites is 2.